The molecular formula is C11H15BrN2. The van der Waals surface area contributed by atoms with Crippen molar-refractivity contribution < 1.29 is 0 Å². The van der Waals surface area contributed by atoms with Gasteiger partial charge in [-0.3, -0.25) is 0 Å². The van der Waals surface area contributed by atoms with Gasteiger partial charge in [0.15, 0.2) is 0 Å². The molecule has 0 bridgehead atoms. The molecule has 0 amide bonds. The predicted molar refractivity (Wildman–Crippen MR) is 63.5 cm³/mol. The SMILES string of the molecule is Cc1ccc(NCC2(N)CC2)c(Br)c1. The summed E-state index contributed by atoms with van der Waals surface area (Å²) >= 11 is 3.53. The molecule has 1 aliphatic rings. The summed E-state index contributed by atoms with van der Waals surface area (Å²) < 4.78 is 1.11. The molecule has 3 heteroatoms. The van der Waals surface area contributed by atoms with E-state index in [0.717, 1.165) is 29.5 Å². The molecule has 1 saturated carbocycles. The molecule has 1 aliphatic carbocycles. The molecular weight excluding hydrogens is 240 g/mol. The smallest absolute Gasteiger partial charge is 0.0485 e. The van der Waals surface area contributed by atoms with Crippen LogP contribution in [0.1, 0.15) is 18.4 Å². The molecule has 0 atom stereocenters. The van der Waals surface area contributed by atoms with E-state index in [2.05, 4.69) is 46.4 Å². The molecule has 0 heterocycles. The van der Waals surface area contributed by atoms with Gasteiger partial charge >= 0.3 is 0 Å². The molecule has 1 aromatic rings. The highest BCUT2D eigenvalue weighted by molar-refractivity contribution is 9.10. The first kappa shape index (κ1) is 9.99. The molecule has 0 aliphatic heterocycles. The average molecular weight is 255 g/mol. The van der Waals surface area contributed by atoms with Crippen LogP contribution >= 0.6 is 15.9 Å². The van der Waals surface area contributed by atoms with Crippen molar-refractivity contribution in [2.75, 3.05) is 11.9 Å². The first-order chi connectivity index (χ1) is 6.59. The number of rotatable bonds is 3. The third-order valence-corrected chi connectivity index (χ3v) is 3.30. The van der Waals surface area contributed by atoms with Crippen molar-refractivity contribution in [1.29, 1.82) is 0 Å². The molecule has 2 nitrogen and oxygen atoms in total. The highest BCUT2D eigenvalue weighted by atomic mass is 79.9. The molecule has 76 valence electrons. The van der Waals surface area contributed by atoms with E-state index in [1.807, 2.05) is 0 Å². The fraction of sp³-hybridized carbons (Fsp3) is 0.455. The first-order valence-corrected chi connectivity index (χ1v) is 5.67. The fourth-order valence-corrected chi connectivity index (χ4v) is 2.01. The summed E-state index contributed by atoms with van der Waals surface area (Å²) in [5.74, 6) is 0. The number of anilines is 1. The van der Waals surface area contributed by atoms with Crippen molar-refractivity contribution in [3.8, 4) is 0 Å². The lowest BCUT2D eigenvalue weighted by atomic mass is 10.2. The van der Waals surface area contributed by atoms with Gasteiger partial charge in [-0.15, -0.1) is 0 Å². The van der Waals surface area contributed by atoms with Crippen LogP contribution in [0.2, 0.25) is 0 Å². The van der Waals surface area contributed by atoms with Crippen LogP contribution in [-0.2, 0) is 0 Å². The normalized spacial score (nSPS) is 17.9. The summed E-state index contributed by atoms with van der Waals surface area (Å²) in [4.78, 5) is 0. The minimum atomic E-state index is 0.0598. The first-order valence-electron chi connectivity index (χ1n) is 4.88. The summed E-state index contributed by atoms with van der Waals surface area (Å²) in [6.07, 6.45) is 2.28. The van der Waals surface area contributed by atoms with Gasteiger partial charge in [-0.05, 0) is 53.4 Å². The highest BCUT2D eigenvalue weighted by Crippen LogP contribution is 2.33. The Kier molecular flexibility index (Phi) is 2.54. The van der Waals surface area contributed by atoms with Gasteiger partial charge in [-0.2, -0.15) is 0 Å². The summed E-state index contributed by atoms with van der Waals surface area (Å²) in [5.41, 5.74) is 8.45. The van der Waals surface area contributed by atoms with E-state index >= 15 is 0 Å². The zero-order valence-corrected chi connectivity index (χ0v) is 9.89. The molecule has 1 aromatic carbocycles. The quantitative estimate of drug-likeness (QED) is 0.871. The van der Waals surface area contributed by atoms with Gasteiger partial charge < -0.3 is 11.1 Å². The minimum absolute atomic E-state index is 0.0598. The molecule has 0 aromatic heterocycles. The third kappa shape index (κ3) is 2.28. The Morgan fingerprint density at radius 3 is 2.79 bits per heavy atom. The highest BCUT2D eigenvalue weighted by Gasteiger charge is 2.37. The lowest BCUT2D eigenvalue weighted by molar-refractivity contribution is 0.713. The van der Waals surface area contributed by atoms with Crippen molar-refractivity contribution in [1.82, 2.24) is 0 Å². The standard InChI is InChI=1S/C11H15BrN2/c1-8-2-3-10(9(12)6-8)14-7-11(13)4-5-11/h2-3,6,14H,4-5,7,13H2,1H3. The predicted octanol–water partition coefficient (Wildman–Crippen LogP) is 2.66. The van der Waals surface area contributed by atoms with Gasteiger partial charge in [0.25, 0.3) is 0 Å². The van der Waals surface area contributed by atoms with Gasteiger partial charge in [0, 0.05) is 22.2 Å². The molecule has 0 radical (unpaired) electrons. The minimum Gasteiger partial charge on any atom is -0.382 e. The number of nitrogens with two attached hydrogens (primary N) is 1. The summed E-state index contributed by atoms with van der Waals surface area (Å²) in [6, 6.07) is 6.30. The number of aryl methyl sites for hydroxylation is 1. The Morgan fingerprint density at radius 2 is 2.21 bits per heavy atom. The molecule has 3 N–H and O–H groups in total. The molecule has 14 heavy (non-hydrogen) atoms. The monoisotopic (exact) mass is 254 g/mol. The van der Waals surface area contributed by atoms with Crippen molar-refractivity contribution in [3.63, 3.8) is 0 Å². The van der Waals surface area contributed by atoms with Crippen molar-refractivity contribution in [2.24, 2.45) is 5.73 Å². The Labute approximate surface area is 93.0 Å². The lowest BCUT2D eigenvalue weighted by Crippen LogP contribution is -2.31. The fourth-order valence-electron chi connectivity index (χ4n) is 1.37. The van der Waals surface area contributed by atoms with E-state index in [4.69, 9.17) is 5.73 Å². The number of nitrogens with one attached hydrogen (secondary N) is 1. The molecule has 0 unspecified atom stereocenters. The summed E-state index contributed by atoms with van der Waals surface area (Å²) in [6.45, 7) is 2.95. The number of hydrogen-bond acceptors (Lipinski definition) is 2. The Morgan fingerprint density at radius 1 is 1.50 bits per heavy atom. The van der Waals surface area contributed by atoms with Crippen LogP contribution in [0.25, 0.3) is 0 Å². The van der Waals surface area contributed by atoms with Crippen LogP contribution in [0.5, 0.6) is 0 Å². The zero-order chi connectivity index (χ0) is 10.2. The molecule has 1 fully saturated rings. The van der Waals surface area contributed by atoms with Crippen molar-refractivity contribution in [3.05, 3.63) is 28.2 Å². The molecule has 0 spiro atoms. The Balaban J connectivity index is 2.02. The van der Waals surface area contributed by atoms with E-state index in [1.54, 1.807) is 0 Å². The van der Waals surface area contributed by atoms with Crippen LogP contribution in [-0.4, -0.2) is 12.1 Å². The maximum atomic E-state index is 6.00. The maximum Gasteiger partial charge on any atom is 0.0485 e. The van der Waals surface area contributed by atoms with Crippen LogP contribution in [0.4, 0.5) is 5.69 Å². The number of benzene rings is 1. The Hall–Kier alpha value is -0.540. The van der Waals surface area contributed by atoms with Gasteiger partial charge in [-0.1, -0.05) is 6.07 Å². The summed E-state index contributed by atoms with van der Waals surface area (Å²) in [5, 5.41) is 3.37. The zero-order valence-electron chi connectivity index (χ0n) is 8.31. The van der Waals surface area contributed by atoms with Gasteiger partial charge in [0.05, 0.1) is 0 Å². The second-order valence-electron chi connectivity index (χ2n) is 4.20. The van der Waals surface area contributed by atoms with Gasteiger partial charge in [-0.25, -0.2) is 0 Å². The molecule has 2 rings (SSSR count). The summed E-state index contributed by atoms with van der Waals surface area (Å²) in [7, 11) is 0. The Bertz CT molecular complexity index is 345. The van der Waals surface area contributed by atoms with Crippen LogP contribution in [0, 0.1) is 6.92 Å². The van der Waals surface area contributed by atoms with Crippen LogP contribution in [0.15, 0.2) is 22.7 Å². The van der Waals surface area contributed by atoms with E-state index < -0.39 is 0 Å². The van der Waals surface area contributed by atoms with E-state index in [1.165, 1.54) is 5.56 Å². The molecule has 0 saturated heterocycles. The van der Waals surface area contributed by atoms with E-state index in [-0.39, 0.29) is 5.54 Å². The van der Waals surface area contributed by atoms with Crippen LogP contribution in [0.3, 0.4) is 0 Å². The van der Waals surface area contributed by atoms with E-state index in [9.17, 15) is 0 Å². The second-order valence-corrected chi connectivity index (χ2v) is 5.05. The lowest BCUT2D eigenvalue weighted by Gasteiger charge is -2.13. The average Bonchev–Trinajstić information content (AvgIpc) is 2.83. The second kappa shape index (κ2) is 3.55. The third-order valence-electron chi connectivity index (χ3n) is 2.65. The van der Waals surface area contributed by atoms with E-state index in [0.29, 0.717) is 0 Å². The van der Waals surface area contributed by atoms with Crippen molar-refractivity contribution >= 4 is 21.6 Å². The topological polar surface area (TPSA) is 38.0 Å². The largest absolute Gasteiger partial charge is 0.382 e. The maximum absolute atomic E-state index is 6.00. The van der Waals surface area contributed by atoms with Gasteiger partial charge in [0.1, 0.15) is 0 Å². The number of hydrogen-bond donors (Lipinski definition) is 2. The van der Waals surface area contributed by atoms with Gasteiger partial charge in [0.2, 0.25) is 0 Å². The number of halogens is 1. The van der Waals surface area contributed by atoms with Crippen molar-refractivity contribution in [2.45, 2.75) is 25.3 Å². The van der Waals surface area contributed by atoms with Crippen LogP contribution < -0.4 is 11.1 Å².